The van der Waals surface area contributed by atoms with Gasteiger partial charge in [0.05, 0.1) is 29.8 Å². The Bertz CT molecular complexity index is 1060. The highest BCUT2D eigenvalue weighted by Crippen LogP contribution is 2.32. The minimum Gasteiger partial charge on any atom is -0.465 e. The number of nitrogens with zero attached hydrogens (tertiary/aromatic N) is 1. The summed E-state index contributed by atoms with van der Waals surface area (Å²) in [7, 11) is 2.51. The second-order valence-corrected chi connectivity index (χ2v) is 6.81. The molecule has 2 aromatic carbocycles. The van der Waals surface area contributed by atoms with E-state index in [1.807, 2.05) is 30.3 Å². The van der Waals surface area contributed by atoms with Crippen LogP contribution in [0.1, 0.15) is 0 Å². The number of methoxy groups -OCH3 is 2. The van der Waals surface area contributed by atoms with Crippen molar-refractivity contribution in [3.8, 4) is 11.1 Å². The quantitative estimate of drug-likeness (QED) is 0.628. The van der Waals surface area contributed by atoms with E-state index in [1.165, 1.54) is 20.3 Å². The summed E-state index contributed by atoms with van der Waals surface area (Å²) in [6.07, 6.45) is 6.55. The average Bonchev–Trinajstić information content (AvgIpc) is 2.97. The van der Waals surface area contributed by atoms with Crippen molar-refractivity contribution in [2.45, 2.75) is 0 Å². The molecule has 7 heteroatoms. The van der Waals surface area contributed by atoms with Crippen LogP contribution in [-0.4, -0.2) is 26.2 Å². The van der Waals surface area contributed by atoms with E-state index in [0.29, 0.717) is 15.7 Å². The number of rotatable bonds is 4. The number of hydrogen-bond acceptors (Lipinski definition) is 5. The molecular weight excluding hydrogens is 413 g/mol. The van der Waals surface area contributed by atoms with Crippen molar-refractivity contribution in [3.05, 3.63) is 88.2 Å². The highest BCUT2D eigenvalue weighted by atomic mass is 35.5. The summed E-state index contributed by atoms with van der Waals surface area (Å²) in [5, 5.41) is 0.906. The van der Waals surface area contributed by atoms with Gasteiger partial charge in [0.25, 0.3) is 0 Å². The minimum absolute atomic E-state index is 0.0515. The zero-order valence-electron chi connectivity index (χ0n) is 15.7. The molecular formula is C22H17Cl2NO4. The summed E-state index contributed by atoms with van der Waals surface area (Å²) in [6, 6.07) is 12.8. The summed E-state index contributed by atoms with van der Waals surface area (Å²) >= 11 is 12.2. The fourth-order valence-corrected chi connectivity index (χ4v) is 3.17. The van der Waals surface area contributed by atoms with Gasteiger partial charge >= 0.3 is 11.9 Å². The van der Waals surface area contributed by atoms with Crippen molar-refractivity contribution in [3.63, 3.8) is 0 Å². The van der Waals surface area contributed by atoms with Crippen LogP contribution in [0.3, 0.4) is 0 Å². The lowest BCUT2D eigenvalue weighted by Gasteiger charge is -2.23. The normalized spacial score (nSPS) is 13.3. The van der Waals surface area contributed by atoms with Gasteiger partial charge in [-0.15, -0.1) is 0 Å². The van der Waals surface area contributed by atoms with Gasteiger partial charge in [0.2, 0.25) is 0 Å². The highest BCUT2D eigenvalue weighted by molar-refractivity contribution is 6.42. The lowest BCUT2D eigenvalue weighted by molar-refractivity contribution is -0.139. The molecule has 0 radical (unpaired) electrons. The lowest BCUT2D eigenvalue weighted by atomic mass is 10.0. The Morgan fingerprint density at radius 2 is 1.59 bits per heavy atom. The van der Waals surface area contributed by atoms with E-state index in [2.05, 4.69) is 0 Å². The number of hydrogen-bond donors (Lipinski definition) is 0. The van der Waals surface area contributed by atoms with E-state index in [-0.39, 0.29) is 11.3 Å². The van der Waals surface area contributed by atoms with E-state index in [9.17, 15) is 9.59 Å². The standard InChI is InChI=1S/C22H17Cl2NO4/c1-28-21(26)17-8-3-4-11-25(20(17)22(27)29-2)16-7-5-6-14(12-16)15-9-10-18(23)19(24)13-15/h3-13H,1-2H3. The number of anilines is 1. The molecule has 0 saturated carbocycles. The van der Waals surface area contributed by atoms with Crippen LogP contribution in [0.5, 0.6) is 0 Å². The van der Waals surface area contributed by atoms with Crippen molar-refractivity contribution in [1.82, 2.24) is 0 Å². The summed E-state index contributed by atoms with van der Waals surface area (Å²) in [5.41, 5.74) is 2.50. The van der Waals surface area contributed by atoms with Crippen LogP contribution in [0.25, 0.3) is 11.1 Å². The fraction of sp³-hybridized carbons (Fsp3) is 0.0909. The van der Waals surface area contributed by atoms with E-state index < -0.39 is 11.9 Å². The highest BCUT2D eigenvalue weighted by Gasteiger charge is 2.27. The molecule has 5 nitrogen and oxygen atoms in total. The number of carbonyl (C=O) groups is 2. The van der Waals surface area contributed by atoms with Gasteiger partial charge in [-0.3, -0.25) is 0 Å². The summed E-state index contributed by atoms with van der Waals surface area (Å²) in [4.78, 5) is 26.4. The molecule has 2 aromatic rings. The van der Waals surface area contributed by atoms with E-state index in [4.69, 9.17) is 32.7 Å². The number of esters is 2. The summed E-state index contributed by atoms with van der Waals surface area (Å²) in [6.45, 7) is 0. The Morgan fingerprint density at radius 3 is 2.28 bits per heavy atom. The minimum atomic E-state index is -0.665. The molecule has 0 N–H and O–H groups in total. The first-order valence-corrected chi connectivity index (χ1v) is 9.32. The van der Waals surface area contributed by atoms with Crippen molar-refractivity contribution >= 4 is 40.8 Å². The van der Waals surface area contributed by atoms with Crippen molar-refractivity contribution in [2.24, 2.45) is 0 Å². The van der Waals surface area contributed by atoms with Gasteiger partial charge in [-0.2, -0.15) is 0 Å². The van der Waals surface area contributed by atoms with Gasteiger partial charge in [0.1, 0.15) is 5.70 Å². The maximum atomic E-state index is 12.5. The second-order valence-electron chi connectivity index (χ2n) is 6.00. The lowest BCUT2D eigenvalue weighted by Crippen LogP contribution is -2.26. The van der Waals surface area contributed by atoms with Gasteiger partial charge in [0.15, 0.2) is 0 Å². The number of carbonyl (C=O) groups excluding carboxylic acids is 2. The first kappa shape index (κ1) is 20.7. The molecule has 0 fully saturated rings. The van der Waals surface area contributed by atoms with Crippen molar-refractivity contribution < 1.29 is 19.1 Å². The Hall–Kier alpha value is -3.02. The summed E-state index contributed by atoms with van der Waals surface area (Å²) in [5.74, 6) is -1.31. The van der Waals surface area contributed by atoms with E-state index in [0.717, 1.165) is 11.1 Å². The van der Waals surface area contributed by atoms with Crippen molar-refractivity contribution in [2.75, 3.05) is 19.1 Å². The molecule has 0 unspecified atom stereocenters. The van der Waals surface area contributed by atoms with Gasteiger partial charge in [0, 0.05) is 11.9 Å². The largest absolute Gasteiger partial charge is 0.465 e. The molecule has 0 bridgehead atoms. The van der Waals surface area contributed by atoms with Crippen molar-refractivity contribution in [1.29, 1.82) is 0 Å². The van der Waals surface area contributed by atoms with Gasteiger partial charge in [-0.25, -0.2) is 9.59 Å². The monoisotopic (exact) mass is 429 g/mol. The Balaban J connectivity index is 2.13. The SMILES string of the molecule is COC(=O)C1=C(C(=O)OC)N(c2cccc(-c3ccc(Cl)c(Cl)c3)c2)C=CC=C1. The molecule has 0 atom stereocenters. The summed E-state index contributed by atoms with van der Waals surface area (Å²) < 4.78 is 9.75. The molecule has 1 heterocycles. The molecule has 148 valence electrons. The molecule has 0 aromatic heterocycles. The third-order valence-electron chi connectivity index (χ3n) is 4.27. The van der Waals surface area contributed by atoms with Gasteiger partial charge < -0.3 is 14.4 Å². The Labute approximate surface area is 178 Å². The molecule has 0 saturated heterocycles. The second kappa shape index (κ2) is 8.99. The van der Waals surface area contributed by atoms with Crippen LogP contribution >= 0.6 is 23.2 Å². The van der Waals surface area contributed by atoms with E-state index >= 15 is 0 Å². The van der Waals surface area contributed by atoms with Crippen LogP contribution in [0, 0.1) is 0 Å². The molecule has 0 amide bonds. The Kier molecular flexibility index (Phi) is 6.42. The smallest absolute Gasteiger partial charge is 0.355 e. The number of benzene rings is 2. The Morgan fingerprint density at radius 1 is 0.862 bits per heavy atom. The van der Waals surface area contributed by atoms with Gasteiger partial charge in [-0.1, -0.05) is 47.5 Å². The zero-order valence-corrected chi connectivity index (χ0v) is 17.2. The predicted octanol–water partition coefficient (Wildman–Crippen LogP) is 5.15. The fourth-order valence-electron chi connectivity index (χ4n) is 2.88. The third-order valence-corrected chi connectivity index (χ3v) is 5.01. The maximum absolute atomic E-state index is 12.5. The first-order chi connectivity index (χ1) is 14.0. The van der Waals surface area contributed by atoms with Crippen LogP contribution in [-0.2, 0) is 19.1 Å². The zero-order chi connectivity index (χ0) is 21.0. The number of allylic oxidation sites excluding steroid dienone is 2. The molecule has 1 aliphatic rings. The first-order valence-electron chi connectivity index (χ1n) is 8.56. The number of halogens is 2. The van der Waals surface area contributed by atoms with E-state index in [1.54, 1.807) is 35.4 Å². The molecule has 1 aliphatic heterocycles. The molecule has 0 spiro atoms. The number of ether oxygens (including phenoxy) is 2. The van der Waals surface area contributed by atoms with Gasteiger partial charge in [-0.05, 0) is 47.5 Å². The maximum Gasteiger partial charge on any atom is 0.355 e. The third kappa shape index (κ3) is 4.36. The average molecular weight is 430 g/mol. The van der Waals surface area contributed by atoms with Crippen LogP contribution in [0.4, 0.5) is 5.69 Å². The van der Waals surface area contributed by atoms with Crippen LogP contribution < -0.4 is 4.90 Å². The molecule has 3 rings (SSSR count). The predicted molar refractivity (Wildman–Crippen MR) is 114 cm³/mol. The topological polar surface area (TPSA) is 55.8 Å². The molecule has 0 aliphatic carbocycles. The van der Waals surface area contributed by atoms with Crippen LogP contribution in [0.15, 0.2) is 78.2 Å². The molecule has 29 heavy (non-hydrogen) atoms. The van der Waals surface area contributed by atoms with Crippen LogP contribution in [0.2, 0.25) is 10.0 Å².